The fraction of sp³-hybridized carbons (Fsp3) is 0.467. The first kappa shape index (κ1) is 18.1. The van der Waals surface area contributed by atoms with Gasteiger partial charge in [-0.1, -0.05) is 5.16 Å². The zero-order valence-electron chi connectivity index (χ0n) is 13.3. The highest BCUT2D eigenvalue weighted by molar-refractivity contribution is 5.78. The number of amides is 1. The molecule has 2 rings (SSSR count). The fourth-order valence-electron chi connectivity index (χ4n) is 2.20. The lowest BCUT2D eigenvalue weighted by Crippen LogP contribution is -2.43. The van der Waals surface area contributed by atoms with Crippen molar-refractivity contribution in [2.45, 2.75) is 26.2 Å². The molecule has 9 heteroatoms. The van der Waals surface area contributed by atoms with Gasteiger partial charge in [-0.05, 0) is 26.1 Å². The third-order valence-electron chi connectivity index (χ3n) is 3.16. The summed E-state index contributed by atoms with van der Waals surface area (Å²) in [6.07, 6.45) is -3.13. The number of aryl methyl sites for hydroxylation is 1. The number of aromatic nitrogens is 1. The molecule has 2 heterocycles. The van der Waals surface area contributed by atoms with E-state index in [-0.39, 0.29) is 13.1 Å². The van der Waals surface area contributed by atoms with Crippen molar-refractivity contribution in [3.63, 3.8) is 0 Å². The van der Waals surface area contributed by atoms with Gasteiger partial charge in [-0.25, -0.2) is 0 Å². The summed E-state index contributed by atoms with van der Waals surface area (Å²) in [5.74, 6) is 0.273. The predicted octanol–water partition coefficient (Wildman–Crippen LogP) is 2.60. The number of alkyl halides is 3. The maximum absolute atomic E-state index is 12.7. The highest BCUT2D eigenvalue weighted by Crippen LogP contribution is 2.19. The number of carbonyl (C=O) groups is 1. The summed E-state index contributed by atoms with van der Waals surface area (Å²) >= 11 is 0. The summed E-state index contributed by atoms with van der Waals surface area (Å²) in [7, 11) is 1.63. The SMILES string of the molecule is Cc1cc(CN(C)CC(=O)N(Cc2ccco2)CC(F)(F)F)no1. The van der Waals surface area contributed by atoms with Crippen LogP contribution in [0.4, 0.5) is 13.2 Å². The van der Waals surface area contributed by atoms with Crippen LogP contribution in [0, 0.1) is 6.92 Å². The van der Waals surface area contributed by atoms with E-state index >= 15 is 0 Å². The molecule has 0 radical (unpaired) electrons. The van der Waals surface area contributed by atoms with Gasteiger partial charge < -0.3 is 13.8 Å². The molecular formula is C15H18F3N3O3. The lowest BCUT2D eigenvalue weighted by Gasteiger charge is -2.25. The van der Waals surface area contributed by atoms with E-state index in [4.69, 9.17) is 8.94 Å². The van der Waals surface area contributed by atoms with Gasteiger partial charge in [-0.15, -0.1) is 0 Å². The van der Waals surface area contributed by atoms with E-state index in [9.17, 15) is 18.0 Å². The largest absolute Gasteiger partial charge is 0.467 e. The average molecular weight is 345 g/mol. The zero-order valence-corrected chi connectivity index (χ0v) is 13.3. The topological polar surface area (TPSA) is 62.7 Å². The first-order chi connectivity index (χ1) is 11.2. The van der Waals surface area contributed by atoms with Crippen LogP contribution in [0.1, 0.15) is 17.2 Å². The Balaban J connectivity index is 1.97. The van der Waals surface area contributed by atoms with Gasteiger partial charge in [0.25, 0.3) is 0 Å². The summed E-state index contributed by atoms with van der Waals surface area (Å²) in [5.41, 5.74) is 0.608. The van der Waals surface area contributed by atoms with Gasteiger partial charge in [-0.2, -0.15) is 13.2 Å². The quantitative estimate of drug-likeness (QED) is 0.772. The molecule has 0 spiro atoms. The Labute approximate surface area is 136 Å². The van der Waals surface area contributed by atoms with Gasteiger partial charge in [0.15, 0.2) is 0 Å². The fourth-order valence-corrected chi connectivity index (χ4v) is 2.20. The number of rotatable bonds is 7. The van der Waals surface area contributed by atoms with Crippen LogP contribution in [-0.4, -0.2) is 47.2 Å². The molecule has 0 bridgehead atoms. The van der Waals surface area contributed by atoms with E-state index < -0.39 is 18.6 Å². The molecule has 0 unspecified atom stereocenters. The molecule has 0 aliphatic carbocycles. The monoisotopic (exact) mass is 345 g/mol. The molecule has 2 aromatic heterocycles. The van der Waals surface area contributed by atoms with Crippen LogP contribution >= 0.6 is 0 Å². The van der Waals surface area contributed by atoms with Crippen molar-refractivity contribution in [1.82, 2.24) is 15.0 Å². The van der Waals surface area contributed by atoms with Crippen molar-refractivity contribution in [2.75, 3.05) is 20.1 Å². The Kier molecular flexibility index (Phi) is 5.66. The second kappa shape index (κ2) is 7.52. The van der Waals surface area contributed by atoms with Gasteiger partial charge in [-0.3, -0.25) is 9.69 Å². The van der Waals surface area contributed by atoms with Crippen molar-refractivity contribution in [1.29, 1.82) is 0 Å². The van der Waals surface area contributed by atoms with Gasteiger partial charge in [0, 0.05) is 12.6 Å². The number of carbonyl (C=O) groups excluding carboxylic acids is 1. The summed E-state index contributed by atoms with van der Waals surface area (Å²) in [6.45, 7) is 0.286. The molecule has 0 saturated carbocycles. The van der Waals surface area contributed by atoms with E-state index in [1.165, 1.54) is 12.3 Å². The second-order valence-corrected chi connectivity index (χ2v) is 5.55. The molecule has 24 heavy (non-hydrogen) atoms. The van der Waals surface area contributed by atoms with Crippen molar-refractivity contribution >= 4 is 5.91 Å². The minimum Gasteiger partial charge on any atom is -0.467 e. The Bertz CT molecular complexity index is 652. The van der Waals surface area contributed by atoms with Crippen LogP contribution in [-0.2, 0) is 17.9 Å². The maximum Gasteiger partial charge on any atom is 0.406 e. The summed E-state index contributed by atoms with van der Waals surface area (Å²) in [5, 5.41) is 3.79. The Morgan fingerprint density at radius 3 is 2.62 bits per heavy atom. The molecule has 6 nitrogen and oxygen atoms in total. The third-order valence-corrected chi connectivity index (χ3v) is 3.16. The number of furan rings is 1. The standard InChI is InChI=1S/C15H18F3N3O3/c1-11-6-12(19-24-11)7-20(2)9-14(22)21(10-15(16,17)18)8-13-4-3-5-23-13/h3-6H,7-10H2,1-2H3. The van der Waals surface area contributed by atoms with E-state index in [1.807, 2.05) is 0 Å². The average Bonchev–Trinajstić information content (AvgIpc) is 3.08. The predicted molar refractivity (Wildman–Crippen MR) is 77.8 cm³/mol. The number of hydrogen-bond acceptors (Lipinski definition) is 5. The molecule has 2 aromatic rings. The van der Waals surface area contributed by atoms with Gasteiger partial charge in [0.2, 0.25) is 5.91 Å². The van der Waals surface area contributed by atoms with Crippen LogP contribution in [0.5, 0.6) is 0 Å². The van der Waals surface area contributed by atoms with E-state index in [1.54, 1.807) is 31.0 Å². The first-order valence-corrected chi connectivity index (χ1v) is 7.20. The van der Waals surface area contributed by atoms with Gasteiger partial charge in [0.05, 0.1) is 25.0 Å². The van der Waals surface area contributed by atoms with Crippen molar-refractivity contribution in [3.05, 3.63) is 41.7 Å². The molecule has 0 fully saturated rings. The van der Waals surface area contributed by atoms with Crippen LogP contribution in [0.3, 0.4) is 0 Å². The molecule has 132 valence electrons. The number of hydrogen-bond donors (Lipinski definition) is 0. The molecule has 0 aliphatic heterocycles. The third kappa shape index (κ3) is 5.73. The van der Waals surface area contributed by atoms with E-state index in [2.05, 4.69) is 5.16 Å². The molecule has 0 aliphatic rings. The lowest BCUT2D eigenvalue weighted by molar-refractivity contribution is -0.163. The normalized spacial score (nSPS) is 11.9. The number of halogens is 3. The van der Waals surface area contributed by atoms with E-state index in [0.29, 0.717) is 23.8 Å². The highest BCUT2D eigenvalue weighted by atomic mass is 19.4. The Morgan fingerprint density at radius 2 is 2.08 bits per heavy atom. The molecule has 1 amide bonds. The smallest absolute Gasteiger partial charge is 0.406 e. The van der Waals surface area contributed by atoms with Gasteiger partial charge in [0.1, 0.15) is 18.1 Å². The van der Waals surface area contributed by atoms with Crippen LogP contribution in [0.15, 0.2) is 33.4 Å². The van der Waals surface area contributed by atoms with Crippen LogP contribution < -0.4 is 0 Å². The molecule has 0 N–H and O–H groups in total. The molecule has 0 aromatic carbocycles. The van der Waals surface area contributed by atoms with Crippen molar-refractivity contribution in [2.24, 2.45) is 0 Å². The molecule has 0 atom stereocenters. The highest BCUT2D eigenvalue weighted by Gasteiger charge is 2.33. The lowest BCUT2D eigenvalue weighted by atomic mass is 10.3. The maximum atomic E-state index is 12.7. The summed E-state index contributed by atoms with van der Waals surface area (Å²) < 4.78 is 48.1. The minimum atomic E-state index is -4.48. The summed E-state index contributed by atoms with van der Waals surface area (Å²) in [6, 6.07) is 4.79. The van der Waals surface area contributed by atoms with Gasteiger partial charge >= 0.3 is 6.18 Å². The van der Waals surface area contributed by atoms with Crippen LogP contribution in [0.2, 0.25) is 0 Å². The van der Waals surface area contributed by atoms with Crippen molar-refractivity contribution in [3.8, 4) is 0 Å². The van der Waals surface area contributed by atoms with Crippen molar-refractivity contribution < 1.29 is 26.9 Å². The van der Waals surface area contributed by atoms with E-state index in [0.717, 1.165) is 4.90 Å². The summed E-state index contributed by atoms with van der Waals surface area (Å²) in [4.78, 5) is 14.6. The van der Waals surface area contributed by atoms with Crippen LogP contribution in [0.25, 0.3) is 0 Å². The molecule has 0 saturated heterocycles. The first-order valence-electron chi connectivity index (χ1n) is 7.20. The minimum absolute atomic E-state index is 0.178. The Morgan fingerprint density at radius 1 is 1.33 bits per heavy atom. The molecular weight excluding hydrogens is 327 g/mol. The Hall–Kier alpha value is -2.29. The number of nitrogens with zero attached hydrogens (tertiary/aromatic N) is 3. The number of likely N-dealkylation sites (N-methyl/N-ethyl adjacent to an activating group) is 1. The zero-order chi connectivity index (χ0) is 17.7. The second-order valence-electron chi connectivity index (χ2n) is 5.55.